The number of amides is 1. The highest BCUT2D eigenvalue weighted by Gasteiger charge is 2.09. The van der Waals surface area contributed by atoms with Gasteiger partial charge < -0.3 is 14.6 Å². The molecule has 0 spiro atoms. The maximum atomic E-state index is 12.2. The van der Waals surface area contributed by atoms with Crippen LogP contribution in [0.3, 0.4) is 0 Å². The van der Waals surface area contributed by atoms with Crippen LogP contribution in [0.1, 0.15) is 23.0 Å². The fourth-order valence-electron chi connectivity index (χ4n) is 2.31. The summed E-state index contributed by atoms with van der Waals surface area (Å²) in [6.45, 7) is 3.11. The van der Waals surface area contributed by atoms with Gasteiger partial charge in [-0.1, -0.05) is 29.4 Å². The van der Waals surface area contributed by atoms with E-state index >= 15 is 0 Å². The van der Waals surface area contributed by atoms with Crippen molar-refractivity contribution in [2.24, 2.45) is 0 Å². The first-order valence-electron chi connectivity index (χ1n) is 7.65. The van der Waals surface area contributed by atoms with Crippen LogP contribution >= 0.6 is 0 Å². The van der Waals surface area contributed by atoms with Gasteiger partial charge in [0.1, 0.15) is 11.5 Å². The zero-order valence-corrected chi connectivity index (χ0v) is 13.8. The van der Waals surface area contributed by atoms with Gasteiger partial charge in [0.05, 0.1) is 0 Å². The van der Waals surface area contributed by atoms with Gasteiger partial charge in [-0.25, -0.2) is 0 Å². The van der Waals surface area contributed by atoms with E-state index < -0.39 is 0 Å². The molecular weight excluding hydrogens is 320 g/mol. The standard InChI is InChI=1S/C19H16N2O4/c1-12-11-18(21-25-12)20-19(23)16-5-3-14(4-6-16)15-7-9-17(10-8-15)24-13(2)22/h3-11H,1-2H3,(H,20,21,23). The molecule has 3 aromatic rings. The molecule has 0 bridgehead atoms. The highest BCUT2D eigenvalue weighted by atomic mass is 16.5. The lowest BCUT2D eigenvalue weighted by molar-refractivity contribution is -0.131. The number of hydrogen-bond donors (Lipinski definition) is 1. The number of nitrogens with one attached hydrogen (secondary N) is 1. The van der Waals surface area contributed by atoms with Crippen molar-refractivity contribution in [3.05, 3.63) is 65.9 Å². The molecule has 0 unspecified atom stereocenters. The third kappa shape index (κ3) is 4.11. The van der Waals surface area contributed by atoms with Crippen molar-refractivity contribution in [2.75, 3.05) is 5.32 Å². The molecule has 0 radical (unpaired) electrons. The number of rotatable bonds is 4. The van der Waals surface area contributed by atoms with Crippen LogP contribution < -0.4 is 10.1 Å². The Morgan fingerprint density at radius 2 is 1.60 bits per heavy atom. The van der Waals surface area contributed by atoms with Crippen LogP contribution in [-0.2, 0) is 4.79 Å². The normalized spacial score (nSPS) is 10.3. The number of benzene rings is 2. The van der Waals surface area contributed by atoms with E-state index in [2.05, 4.69) is 10.5 Å². The molecule has 0 saturated heterocycles. The highest BCUT2D eigenvalue weighted by molar-refractivity contribution is 6.04. The summed E-state index contributed by atoms with van der Waals surface area (Å²) in [7, 11) is 0. The van der Waals surface area contributed by atoms with Crippen molar-refractivity contribution in [1.82, 2.24) is 5.16 Å². The molecular formula is C19H16N2O4. The molecule has 6 nitrogen and oxygen atoms in total. The molecule has 3 rings (SSSR count). The minimum Gasteiger partial charge on any atom is -0.427 e. The molecule has 126 valence electrons. The first-order valence-corrected chi connectivity index (χ1v) is 7.65. The Morgan fingerprint density at radius 1 is 1.00 bits per heavy atom. The molecule has 0 aliphatic rings. The van der Waals surface area contributed by atoms with E-state index in [9.17, 15) is 9.59 Å². The van der Waals surface area contributed by atoms with Crippen molar-refractivity contribution >= 4 is 17.7 Å². The van der Waals surface area contributed by atoms with Gasteiger partial charge >= 0.3 is 5.97 Å². The summed E-state index contributed by atoms with van der Waals surface area (Å²) in [4.78, 5) is 23.1. The summed E-state index contributed by atoms with van der Waals surface area (Å²) < 4.78 is 9.92. The van der Waals surface area contributed by atoms with E-state index in [4.69, 9.17) is 9.26 Å². The molecule has 25 heavy (non-hydrogen) atoms. The second-order valence-electron chi connectivity index (χ2n) is 5.47. The van der Waals surface area contributed by atoms with Crippen molar-refractivity contribution in [3.8, 4) is 16.9 Å². The summed E-state index contributed by atoms with van der Waals surface area (Å²) in [5.74, 6) is 0.890. The SMILES string of the molecule is CC(=O)Oc1ccc(-c2ccc(C(=O)Nc3cc(C)on3)cc2)cc1. The topological polar surface area (TPSA) is 81.4 Å². The van der Waals surface area contributed by atoms with Gasteiger partial charge in [0.15, 0.2) is 5.82 Å². The average molecular weight is 336 g/mol. The Kier molecular flexibility index (Phi) is 4.61. The van der Waals surface area contributed by atoms with Gasteiger partial charge in [0.2, 0.25) is 0 Å². The number of carbonyl (C=O) groups excluding carboxylic acids is 2. The predicted octanol–water partition coefficient (Wildman–Crippen LogP) is 3.83. The van der Waals surface area contributed by atoms with Crippen LogP contribution in [-0.4, -0.2) is 17.0 Å². The second kappa shape index (κ2) is 7.00. The molecule has 2 aromatic carbocycles. The minimum atomic E-state index is -0.356. The average Bonchev–Trinajstić information content (AvgIpc) is 3.00. The van der Waals surface area contributed by atoms with E-state index in [1.54, 1.807) is 37.3 Å². The van der Waals surface area contributed by atoms with Gasteiger partial charge in [-0.15, -0.1) is 0 Å². The predicted molar refractivity (Wildman–Crippen MR) is 92.4 cm³/mol. The van der Waals surface area contributed by atoms with Crippen LogP contribution in [0.2, 0.25) is 0 Å². The quantitative estimate of drug-likeness (QED) is 0.578. The number of ether oxygens (including phenoxy) is 1. The number of anilines is 1. The van der Waals surface area contributed by atoms with E-state index in [0.29, 0.717) is 22.9 Å². The molecule has 1 amide bonds. The van der Waals surface area contributed by atoms with Gasteiger partial charge in [-0.2, -0.15) is 0 Å². The Morgan fingerprint density at radius 3 is 2.12 bits per heavy atom. The van der Waals surface area contributed by atoms with Crippen LogP contribution in [0.5, 0.6) is 5.75 Å². The smallest absolute Gasteiger partial charge is 0.308 e. The van der Waals surface area contributed by atoms with Gasteiger partial charge in [-0.3, -0.25) is 9.59 Å². The molecule has 6 heteroatoms. The number of aromatic nitrogens is 1. The van der Waals surface area contributed by atoms with Crippen molar-refractivity contribution in [3.63, 3.8) is 0 Å². The number of carbonyl (C=O) groups is 2. The third-order valence-electron chi connectivity index (χ3n) is 3.47. The summed E-state index contributed by atoms with van der Waals surface area (Å²) in [6.07, 6.45) is 0. The van der Waals surface area contributed by atoms with Crippen LogP contribution in [0.25, 0.3) is 11.1 Å². The molecule has 1 aromatic heterocycles. The van der Waals surface area contributed by atoms with Crippen molar-refractivity contribution < 1.29 is 18.8 Å². The van der Waals surface area contributed by atoms with Crippen LogP contribution in [0.4, 0.5) is 5.82 Å². The summed E-state index contributed by atoms with van der Waals surface area (Å²) in [5.41, 5.74) is 2.42. The van der Waals surface area contributed by atoms with E-state index in [0.717, 1.165) is 11.1 Å². The summed E-state index contributed by atoms with van der Waals surface area (Å²) >= 11 is 0. The third-order valence-corrected chi connectivity index (χ3v) is 3.47. The van der Waals surface area contributed by atoms with Crippen LogP contribution in [0.15, 0.2) is 59.1 Å². The van der Waals surface area contributed by atoms with E-state index in [1.807, 2.05) is 24.3 Å². The summed E-state index contributed by atoms with van der Waals surface area (Å²) in [6, 6.07) is 16.0. The fourth-order valence-corrected chi connectivity index (χ4v) is 2.31. The molecule has 0 saturated carbocycles. The van der Waals surface area contributed by atoms with Crippen LogP contribution in [0, 0.1) is 6.92 Å². The summed E-state index contributed by atoms with van der Waals surface area (Å²) in [5, 5.41) is 6.40. The van der Waals surface area contributed by atoms with Gasteiger partial charge in [0, 0.05) is 18.6 Å². The molecule has 0 aliphatic heterocycles. The maximum absolute atomic E-state index is 12.2. The first kappa shape index (κ1) is 16.4. The lowest BCUT2D eigenvalue weighted by atomic mass is 10.0. The highest BCUT2D eigenvalue weighted by Crippen LogP contribution is 2.23. The zero-order chi connectivity index (χ0) is 17.8. The van der Waals surface area contributed by atoms with Crippen molar-refractivity contribution in [2.45, 2.75) is 13.8 Å². The second-order valence-corrected chi connectivity index (χ2v) is 5.47. The van der Waals surface area contributed by atoms with E-state index in [-0.39, 0.29) is 11.9 Å². The lowest BCUT2D eigenvalue weighted by Crippen LogP contribution is -2.11. The Hall–Kier alpha value is -3.41. The molecule has 1 N–H and O–H groups in total. The first-order chi connectivity index (χ1) is 12.0. The number of esters is 1. The Balaban J connectivity index is 1.71. The minimum absolute atomic E-state index is 0.259. The van der Waals surface area contributed by atoms with Crippen molar-refractivity contribution in [1.29, 1.82) is 0 Å². The van der Waals surface area contributed by atoms with E-state index in [1.165, 1.54) is 6.92 Å². The monoisotopic (exact) mass is 336 g/mol. The molecule has 0 atom stereocenters. The Bertz CT molecular complexity index is 896. The molecule has 1 heterocycles. The lowest BCUT2D eigenvalue weighted by Gasteiger charge is -2.06. The largest absolute Gasteiger partial charge is 0.427 e. The molecule has 0 aliphatic carbocycles. The molecule has 0 fully saturated rings. The number of hydrogen-bond acceptors (Lipinski definition) is 5. The zero-order valence-electron chi connectivity index (χ0n) is 13.8. The fraction of sp³-hybridized carbons (Fsp3) is 0.105. The van der Waals surface area contributed by atoms with Gasteiger partial charge in [-0.05, 0) is 42.3 Å². The number of nitrogens with zero attached hydrogens (tertiary/aromatic N) is 1. The number of aryl methyl sites for hydroxylation is 1. The van der Waals surface area contributed by atoms with Gasteiger partial charge in [0.25, 0.3) is 5.91 Å². The Labute approximate surface area is 144 Å². The maximum Gasteiger partial charge on any atom is 0.308 e.